The number of rotatable bonds is 4. The van der Waals surface area contributed by atoms with Gasteiger partial charge in [-0.25, -0.2) is 0 Å². The van der Waals surface area contributed by atoms with Gasteiger partial charge in [0.15, 0.2) is 0 Å². The highest BCUT2D eigenvalue weighted by Gasteiger charge is 2.44. The molecule has 96 valence electrons. The van der Waals surface area contributed by atoms with E-state index in [1.165, 1.54) is 0 Å². The molecule has 0 aromatic carbocycles. The van der Waals surface area contributed by atoms with Crippen molar-refractivity contribution in [3.63, 3.8) is 0 Å². The average molecular weight is 237 g/mol. The Kier molecular flexibility index (Phi) is 4.53. The van der Waals surface area contributed by atoms with Crippen LogP contribution in [0.4, 0.5) is 0 Å². The van der Waals surface area contributed by atoms with Gasteiger partial charge in [-0.3, -0.25) is 4.79 Å². The van der Waals surface area contributed by atoms with E-state index in [0.717, 1.165) is 19.3 Å². The smallest absolute Gasteiger partial charge is 0.230 e. The summed E-state index contributed by atoms with van der Waals surface area (Å²) in [4.78, 5) is 14.3. The summed E-state index contributed by atoms with van der Waals surface area (Å²) >= 11 is 0. The molecule has 1 aliphatic carbocycles. The Balaban J connectivity index is 2.76. The molecule has 0 radical (unpaired) electrons. The van der Waals surface area contributed by atoms with Gasteiger partial charge in [-0.15, -0.1) is 0 Å². The van der Waals surface area contributed by atoms with Crippen molar-refractivity contribution in [1.82, 2.24) is 4.90 Å². The molecule has 3 unspecified atom stereocenters. The number of hydrogen-bond acceptors (Lipinski definition) is 3. The molecule has 1 fully saturated rings. The highest BCUT2D eigenvalue weighted by Crippen LogP contribution is 2.38. The maximum Gasteiger partial charge on any atom is 0.230 e. The minimum atomic E-state index is -0.425. The summed E-state index contributed by atoms with van der Waals surface area (Å²) in [5.74, 6) is -0.00720. The van der Waals surface area contributed by atoms with Gasteiger partial charge in [0.1, 0.15) is 0 Å². The Morgan fingerprint density at radius 1 is 1.71 bits per heavy atom. The number of carbonyl (C=O) groups is 1. The number of carbonyl (C=O) groups excluding carboxylic acids is 1. The fourth-order valence-electron chi connectivity index (χ4n) is 2.55. The van der Waals surface area contributed by atoms with Crippen LogP contribution < -0.4 is 5.73 Å². The van der Waals surface area contributed by atoms with Crippen molar-refractivity contribution in [2.45, 2.75) is 46.1 Å². The quantitative estimate of drug-likeness (QED) is 0.805. The van der Waals surface area contributed by atoms with E-state index in [4.69, 9.17) is 11.0 Å². The first kappa shape index (κ1) is 14.0. The summed E-state index contributed by atoms with van der Waals surface area (Å²) in [5, 5.41) is 8.83. The van der Waals surface area contributed by atoms with E-state index in [0.29, 0.717) is 13.1 Å². The van der Waals surface area contributed by atoms with Crippen molar-refractivity contribution in [3.05, 3.63) is 0 Å². The van der Waals surface area contributed by atoms with E-state index in [1.807, 2.05) is 20.8 Å². The van der Waals surface area contributed by atoms with Gasteiger partial charge in [0.05, 0.1) is 17.4 Å². The second-order valence-electron chi connectivity index (χ2n) is 5.29. The van der Waals surface area contributed by atoms with Gasteiger partial charge in [-0.05, 0) is 33.6 Å². The molecule has 0 saturated heterocycles. The van der Waals surface area contributed by atoms with Gasteiger partial charge < -0.3 is 10.6 Å². The van der Waals surface area contributed by atoms with E-state index in [9.17, 15) is 4.79 Å². The molecule has 0 spiro atoms. The summed E-state index contributed by atoms with van der Waals surface area (Å²) in [6, 6.07) is 2.13. The SMILES string of the molecule is CCN(CC(C)C#N)C(=O)C1(C)CCCC1N. The van der Waals surface area contributed by atoms with Crippen LogP contribution in [-0.2, 0) is 4.79 Å². The van der Waals surface area contributed by atoms with Crippen molar-refractivity contribution in [2.24, 2.45) is 17.1 Å². The van der Waals surface area contributed by atoms with Crippen molar-refractivity contribution in [3.8, 4) is 6.07 Å². The number of nitriles is 1. The van der Waals surface area contributed by atoms with Crippen LogP contribution in [0, 0.1) is 22.7 Å². The van der Waals surface area contributed by atoms with Crippen LogP contribution in [0.5, 0.6) is 0 Å². The maximum atomic E-state index is 12.5. The van der Waals surface area contributed by atoms with Gasteiger partial charge in [-0.2, -0.15) is 5.26 Å². The van der Waals surface area contributed by atoms with Gasteiger partial charge >= 0.3 is 0 Å². The number of amides is 1. The Morgan fingerprint density at radius 3 is 2.76 bits per heavy atom. The van der Waals surface area contributed by atoms with Gasteiger partial charge in [0.25, 0.3) is 0 Å². The molecule has 1 rings (SSSR count). The summed E-state index contributed by atoms with van der Waals surface area (Å²) in [5.41, 5.74) is 5.63. The van der Waals surface area contributed by atoms with Crippen LogP contribution in [0.25, 0.3) is 0 Å². The molecule has 0 aliphatic heterocycles. The summed E-state index contributed by atoms with van der Waals surface area (Å²) < 4.78 is 0. The zero-order valence-electron chi connectivity index (χ0n) is 11.1. The average Bonchev–Trinajstić information content (AvgIpc) is 2.66. The number of hydrogen-bond donors (Lipinski definition) is 1. The largest absolute Gasteiger partial charge is 0.341 e. The predicted molar refractivity (Wildman–Crippen MR) is 67.0 cm³/mol. The van der Waals surface area contributed by atoms with E-state index in [1.54, 1.807) is 4.90 Å². The molecule has 3 atom stereocenters. The highest BCUT2D eigenvalue weighted by molar-refractivity contribution is 5.83. The number of nitrogens with two attached hydrogens (primary N) is 1. The van der Waals surface area contributed by atoms with Crippen molar-refractivity contribution < 1.29 is 4.79 Å². The third-order valence-electron chi connectivity index (χ3n) is 3.90. The third kappa shape index (κ3) is 2.78. The van der Waals surface area contributed by atoms with E-state index >= 15 is 0 Å². The Bertz CT molecular complexity index is 323. The van der Waals surface area contributed by atoms with Crippen LogP contribution >= 0.6 is 0 Å². The summed E-state index contributed by atoms with van der Waals surface area (Å²) in [7, 11) is 0. The molecule has 4 heteroatoms. The first-order valence-electron chi connectivity index (χ1n) is 6.40. The molecular weight excluding hydrogens is 214 g/mol. The fourth-order valence-corrected chi connectivity index (χ4v) is 2.55. The lowest BCUT2D eigenvalue weighted by molar-refractivity contribution is -0.141. The zero-order valence-corrected chi connectivity index (χ0v) is 11.1. The molecule has 2 N–H and O–H groups in total. The van der Waals surface area contributed by atoms with Gasteiger partial charge in [-0.1, -0.05) is 6.42 Å². The maximum absolute atomic E-state index is 12.5. The lowest BCUT2D eigenvalue weighted by Gasteiger charge is -2.34. The standard InChI is InChI=1S/C13H23N3O/c1-4-16(9-10(2)8-14)12(17)13(3)7-5-6-11(13)15/h10-11H,4-7,9,15H2,1-3H3. The summed E-state index contributed by atoms with van der Waals surface area (Å²) in [6.07, 6.45) is 2.81. The Hall–Kier alpha value is -1.08. The zero-order chi connectivity index (χ0) is 13.1. The fraction of sp³-hybridized carbons (Fsp3) is 0.846. The molecule has 0 aromatic heterocycles. The number of nitrogens with zero attached hydrogens (tertiary/aromatic N) is 2. The first-order chi connectivity index (χ1) is 7.95. The molecule has 0 heterocycles. The molecule has 0 aromatic rings. The molecule has 0 bridgehead atoms. The molecule has 1 amide bonds. The van der Waals surface area contributed by atoms with Crippen molar-refractivity contribution in [1.29, 1.82) is 5.26 Å². The van der Waals surface area contributed by atoms with Crippen LogP contribution in [0.3, 0.4) is 0 Å². The topological polar surface area (TPSA) is 70.1 Å². The minimum Gasteiger partial charge on any atom is -0.341 e. The lowest BCUT2D eigenvalue weighted by atomic mass is 9.83. The van der Waals surface area contributed by atoms with Crippen molar-refractivity contribution in [2.75, 3.05) is 13.1 Å². The third-order valence-corrected chi connectivity index (χ3v) is 3.90. The molecule has 1 aliphatic rings. The minimum absolute atomic E-state index is 0.0403. The van der Waals surface area contributed by atoms with Gasteiger partial charge in [0, 0.05) is 19.1 Å². The van der Waals surface area contributed by atoms with Crippen molar-refractivity contribution >= 4 is 5.91 Å². The Labute approximate surface area is 104 Å². The Morgan fingerprint density at radius 2 is 2.35 bits per heavy atom. The molecular formula is C13H23N3O. The van der Waals surface area contributed by atoms with Gasteiger partial charge in [0.2, 0.25) is 5.91 Å². The first-order valence-corrected chi connectivity index (χ1v) is 6.40. The summed E-state index contributed by atoms with van der Waals surface area (Å²) in [6.45, 7) is 6.91. The molecule has 4 nitrogen and oxygen atoms in total. The van der Waals surface area contributed by atoms with Crippen LogP contribution in [0.15, 0.2) is 0 Å². The van der Waals surface area contributed by atoms with E-state index in [2.05, 4.69) is 6.07 Å². The van der Waals surface area contributed by atoms with Crippen LogP contribution in [0.1, 0.15) is 40.0 Å². The predicted octanol–water partition coefficient (Wildman–Crippen LogP) is 1.51. The second kappa shape index (κ2) is 5.50. The molecule has 17 heavy (non-hydrogen) atoms. The highest BCUT2D eigenvalue weighted by atomic mass is 16.2. The molecule has 1 saturated carbocycles. The van der Waals surface area contributed by atoms with Crippen LogP contribution in [0.2, 0.25) is 0 Å². The lowest BCUT2D eigenvalue weighted by Crippen LogP contribution is -2.50. The van der Waals surface area contributed by atoms with E-state index < -0.39 is 5.41 Å². The normalized spacial score (nSPS) is 29.7. The monoisotopic (exact) mass is 237 g/mol. The van der Waals surface area contributed by atoms with E-state index in [-0.39, 0.29) is 17.9 Å². The second-order valence-corrected chi connectivity index (χ2v) is 5.29. The van der Waals surface area contributed by atoms with Crippen LogP contribution in [-0.4, -0.2) is 29.9 Å².